The Morgan fingerprint density at radius 1 is 1.32 bits per heavy atom. The Hall–Kier alpha value is -2.92. The second kappa shape index (κ2) is 9.06. The van der Waals surface area contributed by atoms with Gasteiger partial charge < -0.3 is 14.6 Å². The number of amides is 1. The van der Waals surface area contributed by atoms with Crippen LogP contribution in [0.5, 0.6) is 0 Å². The minimum atomic E-state index is -1.22. The van der Waals surface area contributed by atoms with Crippen molar-refractivity contribution < 1.29 is 13.9 Å². The summed E-state index contributed by atoms with van der Waals surface area (Å²) in [5.74, 6) is 0. The highest BCUT2D eigenvalue weighted by molar-refractivity contribution is 5.83. The molecule has 31 heavy (non-hydrogen) atoms. The van der Waals surface area contributed by atoms with Crippen LogP contribution < -0.4 is 10.9 Å². The molecule has 1 N–H and O–H groups in total. The Morgan fingerprint density at radius 3 is 2.71 bits per heavy atom. The van der Waals surface area contributed by atoms with Gasteiger partial charge in [0.25, 0.3) is 5.56 Å². The van der Waals surface area contributed by atoms with E-state index >= 15 is 0 Å². The number of carbonyl (C=O) groups is 1. The number of aromatic nitrogens is 1. The summed E-state index contributed by atoms with van der Waals surface area (Å²) in [6.45, 7) is 8.81. The number of nitriles is 1. The number of carbonyl (C=O) groups excluding carboxylic acids is 1. The number of nitrogens with zero attached hydrogens (tertiary/aromatic N) is 3. The van der Waals surface area contributed by atoms with Crippen LogP contribution in [0.3, 0.4) is 0 Å². The molecule has 1 aromatic carbocycles. The molecular weight excluding hydrogens is 399 g/mol. The molecule has 0 radical (unpaired) electrons. The fraction of sp³-hybridized carbons (Fsp3) is 0.522. The minimum Gasteiger partial charge on any atom is -0.444 e. The Bertz CT molecular complexity index is 1070. The summed E-state index contributed by atoms with van der Waals surface area (Å²) in [7, 11) is 0. The minimum absolute atomic E-state index is 0.140. The van der Waals surface area contributed by atoms with Crippen LogP contribution in [0, 0.1) is 18.3 Å². The number of hydrogen-bond acceptors (Lipinski definition) is 5. The molecule has 8 heteroatoms. The smallest absolute Gasteiger partial charge is 0.407 e. The lowest BCUT2D eigenvalue weighted by Crippen LogP contribution is -2.53. The fourth-order valence-corrected chi connectivity index (χ4v) is 3.88. The molecule has 3 rings (SSSR count). The van der Waals surface area contributed by atoms with Gasteiger partial charge in [-0.3, -0.25) is 9.69 Å². The zero-order valence-electron chi connectivity index (χ0n) is 18.4. The Kier molecular flexibility index (Phi) is 6.65. The van der Waals surface area contributed by atoms with Crippen LogP contribution in [0.1, 0.15) is 38.3 Å². The summed E-state index contributed by atoms with van der Waals surface area (Å²) in [6.07, 6.45) is -1.37. The number of aryl methyl sites for hydroxylation is 1. The number of nitrogens with one attached hydrogen (secondary N) is 1. The molecule has 1 aliphatic rings. The lowest BCUT2D eigenvalue weighted by Gasteiger charge is -2.35. The molecule has 7 nitrogen and oxygen atoms in total. The molecule has 1 aromatic heterocycles. The largest absolute Gasteiger partial charge is 0.444 e. The van der Waals surface area contributed by atoms with E-state index in [4.69, 9.17) is 4.74 Å². The number of halogens is 1. The van der Waals surface area contributed by atoms with Crippen molar-refractivity contribution in [1.29, 1.82) is 5.26 Å². The van der Waals surface area contributed by atoms with Gasteiger partial charge in [0.05, 0.1) is 23.2 Å². The number of alkyl halides is 1. The van der Waals surface area contributed by atoms with Crippen molar-refractivity contribution in [2.75, 3.05) is 19.6 Å². The summed E-state index contributed by atoms with van der Waals surface area (Å²) in [5.41, 5.74) is 1.29. The van der Waals surface area contributed by atoms with Gasteiger partial charge >= 0.3 is 6.09 Å². The second-order valence-corrected chi connectivity index (χ2v) is 9.02. The van der Waals surface area contributed by atoms with Crippen molar-refractivity contribution in [2.24, 2.45) is 0 Å². The van der Waals surface area contributed by atoms with E-state index in [2.05, 4.69) is 11.4 Å². The average molecular weight is 429 g/mol. The first-order valence-corrected chi connectivity index (χ1v) is 10.5. The normalized spacial score (nSPS) is 19.7. The quantitative estimate of drug-likeness (QED) is 0.809. The van der Waals surface area contributed by atoms with Crippen LogP contribution in [-0.2, 0) is 11.3 Å². The van der Waals surface area contributed by atoms with Crippen molar-refractivity contribution >= 4 is 17.0 Å². The molecule has 2 atom stereocenters. The fourth-order valence-electron chi connectivity index (χ4n) is 3.88. The van der Waals surface area contributed by atoms with Crippen molar-refractivity contribution in [1.82, 2.24) is 14.8 Å². The monoisotopic (exact) mass is 428 g/mol. The highest BCUT2D eigenvalue weighted by atomic mass is 19.1. The maximum absolute atomic E-state index is 14.7. The van der Waals surface area contributed by atoms with Crippen LogP contribution >= 0.6 is 0 Å². The predicted molar refractivity (Wildman–Crippen MR) is 117 cm³/mol. The molecule has 0 bridgehead atoms. The third kappa shape index (κ3) is 5.61. The molecule has 0 unspecified atom stereocenters. The summed E-state index contributed by atoms with van der Waals surface area (Å²) in [4.78, 5) is 26.5. The standard InChI is InChI=1S/C23H29FN4O3/c1-15-11-21(29)28(20-12-16(13-25)5-6-17(15)20)10-9-27-8-7-19(18(24)14-27)26-22(30)31-23(2,3)4/h5-6,11-12,18-19H,7-10,14H2,1-4H3,(H,26,30)/t18-,19+/m1/s1. The van der Waals surface area contributed by atoms with Crippen LogP contribution in [-0.4, -0.2) is 53.0 Å². The molecule has 166 valence electrons. The van der Waals surface area contributed by atoms with E-state index in [0.717, 1.165) is 10.9 Å². The Balaban J connectivity index is 1.66. The van der Waals surface area contributed by atoms with E-state index in [1.54, 1.807) is 43.5 Å². The summed E-state index contributed by atoms with van der Waals surface area (Å²) >= 11 is 0. The number of fused-ring (bicyclic) bond motifs is 1. The summed E-state index contributed by atoms with van der Waals surface area (Å²) < 4.78 is 21.5. The molecule has 2 aromatic rings. The number of pyridine rings is 1. The molecular formula is C23H29FN4O3. The van der Waals surface area contributed by atoms with Gasteiger partial charge in [0.15, 0.2) is 0 Å². The predicted octanol–water partition coefficient (Wildman–Crippen LogP) is 3.12. The first-order valence-electron chi connectivity index (χ1n) is 10.5. The van der Waals surface area contributed by atoms with Gasteiger partial charge in [-0.1, -0.05) is 6.07 Å². The van der Waals surface area contributed by atoms with E-state index in [0.29, 0.717) is 37.1 Å². The Morgan fingerprint density at radius 2 is 2.06 bits per heavy atom. The van der Waals surface area contributed by atoms with Crippen molar-refractivity contribution in [2.45, 2.75) is 58.5 Å². The third-order valence-corrected chi connectivity index (χ3v) is 5.42. The number of benzene rings is 1. The Labute approximate surface area is 181 Å². The molecule has 1 saturated heterocycles. The zero-order chi connectivity index (χ0) is 22.8. The summed E-state index contributed by atoms with van der Waals surface area (Å²) in [6, 6.07) is 8.42. The maximum atomic E-state index is 14.7. The van der Waals surface area contributed by atoms with Crippen LogP contribution in [0.4, 0.5) is 9.18 Å². The molecule has 0 aliphatic carbocycles. The molecule has 2 heterocycles. The topological polar surface area (TPSA) is 87.4 Å². The molecule has 1 amide bonds. The van der Waals surface area contributed by atoms with Gasteiger partial charge in [-0.25, -0.2) is 9.18 Å². The van der Waals surface area contributed by atoms with Crippen LogP contribution in [0.15, 0.2) is 29.1 Å². The average Bonchev–Trinajstić information content (AvgIpc) is 2.67. The van der Waals surface area contributed by atoms with Gasteiger partial charge in [-0.2, -0.15) is 5.26 Å². The van der Waals surface area contributed by atoms with Crippen molar-refractivity contribution in [3.63, 3.8) is 0 Å². The number of piperidine rings is 1. The lowest BCUT2D eigenvalue weighted by atomic mass is 10.0. The third-order valence-electron chi connectivity index (χ3n) is 5.42. The van der Waals surface area contributed by atoms with Crippen LogP contribution in [0.25, 0.3) is 10.9 Å². The van der Waals surface area contributed by atoms with E-state index < -0.39 is 23.9 Å². The first-order chi connectivity index (χ1) is 14.6. The van der Waals surface area contributed by atoms with Gasteiger partial charge in [-0.15, -0.1) is 0 Å². The lowest BCUT2D eigenvalue weighted by molar-refractivity contribution is 0.0395. The van der Waals surface area contributed by atoms with E-state index in [-0.39, 0.29) is 12.1 Å². The van der Waals surface area contributed by atoms with E-state index in [1.165, 1.54) is 0 Å². The number of alkyl carbamates (subject to hydrolysis) is 1. The molecule has 1 fully saturated rings. The van der Waals surface area contributed by atoms with Gasteiger partial charge in [-0.05, 0) is 51.8 Å². The number of likely N-dealkylation sites (tertiary alicyclic amines) is 1. The van der Waals surface area contributed by atoms with Gasteiger partial charge in [0.1, 0.15) is 11.8 Å². The van der Waals surface area contributed by atoms with Crippen LogP contribution in [0.2, 0.25) is 0 Å². The highest BCUT2D eigenvalue weighted by Crippen LogP contribution is 2.19. The van der Waals surface area contributed by atoms with Gasteiger partial charge in [0, 0.05) is 37.6 Å². The molecule has 0 saturated carbocycles. The zero-order valence-corrected chi connectivity index (χ0v) is 18.4. The van der Waals surface area contributed by atoms with Gasteiger partial charge in [0.2, 0.25) is 0 Å². The molecule has 1 aliphatic heterocycles. The number of rotatable bonds is 4. The number of hydrogen-bond donors (Lipinski definition) is 1. The SMILES string of the molecule is Cc1cc(=O)n(CCN2CC[C@H](NC(=O)OC(C)(C)C)[C@H](F)C2)c2cc(C#N)ccc12. The highest BCUT2D eigenvalue weighted by Gasteiger charge is 2.31. The maximum Gasteiger partial charge on any atom is 0.407 e. The van der Waals surface area contributed by atoms with Crippen molar-refractivity contribution in [3.8, 4) is 6.07 Å². The molecule has 0 spiro atoms. The van der Waals surface area contributed by atoms with Crippen molar-refractivity contribution in [3.05, 3.63) is 45.7 Å². The van der Waals surface area contributed by atoms with E-state index in [1.807, 2.05) is 17.9 Å². The van der Waals surface area contributed by atoms with E-state index in [9.17, 15) is 19.2 Å². The first kappa shape index (κ1) is 22.8. The summed E-state index contributed by atoms with van der Waals surface area (Å²) in [5, 5.41) is 12.8. The number of ether oxygens (including phenoxy) is 1. The second-order valence-electron chi connectivity index (χ2n) is 9.02.